The first kappa shape index (κ1) is 19.0. The van der Waals surface area contributed by atoms with E-state index in [0.717, 1.165) is 23.9 Å². The fraction of sp³-hybridized carbons (Fsp3) is 0.421. The molecule has 1 aliphatic rings. The van der Waals surface area contributed by atoms with E-state index in [1.807, 2.05) is 18.2 Å². The van der Waals surface area contributed by atoms with Crippen molar-refractivity contribution in [2.45, 2.75) is 25.3 Å². The van der Waals surface area contributed by atoms with Crippen molar-refractivity contribution in [3.63, 3.8) is 0 Å². The Bertz CT molecular complexity index is 763. The second-order valence-electron chi connectivity index (χ2n) is 6.91. The normalized spacial score (nSPS) is 20.0. The van der Waals surface area contributed by atoms with Gasteiger partial charge in [-0.05, 0) is 36.5 Å². The number of benzene rings is 1. The van der Waals surface area contributed by atoms with E-state index in [1.54, 1.807) is 18.5 Å². The van der Waals surface area contributed by atoms with Gasteiger partial charge in [0.15, 0.2) is 0 Å². The zero-order valence-electron chi connectivity index (χ0n) is 15.0. The standard InChI is InChI=1S/C19H23ClN4OS/c1-13-6-14(2)10-24(9-13)17-8-19(22-12-21-17)26-11-18(25)23-16-5-3-4-15(20)7-16/h3-5,7-8,12-14H,6,9-11H2,1-2H3,(H,23,25)/t13-,14-/m1/s1. The number of carbonyl (C=O) groups excluding carboxylic acids is 1. The van der Waals surface area contributed by atoms with Gasteiger partial charge in [0.1, 0.15) is 17.2 Å². The summed E-state index contributed by atoms with van der Waals surface area (Å²) in [4.78, 5) is 23.2. The number of piperidine rings is 1. The van der Waals surface area contributed by atoms with Gasteiger partial charge in [-0.1, -0.05) is 43.3 Å². The van der Waals surface area contributed by atoms with Gasteiger partial charge < -0.3 is 10.2 Å². The van der Waals surface area contributed by atoms with Crippen LogP contribution in [-0.4, -0.2) is 34.7 Å². The molecule has 2 aromatic rings. The van der Waals surface area contributed by atoms with Crippen molar-refractivity contribution >= 4 is 40.8 Å². The van der Waals surface area contributed by atoms with Crippen molar-refractivity contribution in [2.75, 3.05) is 29.1 Å². The van der Waals surface area contributed by atoms with Gasteiger partial charge >= 0.3 is 0 Å². The summed E-state index contributed by atoms with van der Waals surface area (Å²) in [6.45, 7) is 6.58. The maximum atomic E-state index is 12.1. The highest BCUT2D eigenvalue weighted by Gasteiger charge is 2.23. The Kier molecular flexibility index (Phi) is 6.38. The minimum atomic E-state index is -0.0855. The molecule has 1 aromatic carbocycles. The Morgan fingerprint density at radius 1 is 1.27 bits per heavy atom. The molecule has 1 fully saturated rings. The molecule has 0 aliphatic carbocycles. The van der Waals surface area contributed by atoms with Gasteiger partial charge in [0.25, 0.3) is 0 Å². The molecule has 1 aromatic heterocycles. The first-order valence-electron chi connectivity index (χ1n) is 8.75. The lowest BCUT2D eigenvalue weighted by Crippen LogP contribution is -2.39. The SMILES string of the molecule is C[C@@H]1C[C@@H](C)CN(c2cc(SCC(=O)Nc3cccc(Cl)c3)ncn2)C1. The molecule has 138 valence electrons. The Labute approximate surface area is 163 Å². The number of hydrogen-bond donors (Lipinski definition) is 1. The quantitative estimate of drug-likeness (QED) is 0.607. The first-order chi connectivity index (χ1) is 12.5. The Hall–Kier alpha value is -1.79. The number of anilines is 2. The van der Waals surface area contributed by atoms with Crippen molar-refractivity contribution in [1.82, 2.24) is 9.97 Å². The third-order valence-corrected chi connectivity index (χ3v) is 5.44. The minimum Gasteiger partial charge on any atom is -0.356 e. The van der Waals surface area contributed by atoms with Crippen LogP contribution in [0.25, 0.3) is 0 Å². The molecular weight excluding hydrogens is 368 g/mol. The number of rotatable bonds is 5. The molecule has 2 atom stereocenters. The van der Waals surface area contributed by atoms with Crippen LogP contribution in [0.3, 0.4) is 0 Å². The van der Waals surface area contributed by atoms with Crippen LogP contribution in [0.15, 0.2) is 41.7 Å². The van der Waals surface area contributed by atoms with E-state index in [0.29, 0.717) is 22.5 Å². The molecule has 1 saturated heterocycles. The molecule has 7 heteroatoms. The summed E-state index contributed by atoms with van der Waals surface area (Å²) >= 11 is 7.34. The van der Waals surface area contributed by atoms with E-state index in [2.05, 4.69) is 34.0 Å². The van der Waals surface area contributed by atoms with Crippen LogP contribution in [0.1, 0.15) is 20.3 Å². The molecule has 0 radical (unpaired) electrons. The van der Waals surface area contributed by atoms with Gasteiger partial charge in [-0.3, -0.25) is 4.79 Å². The van der Waals surface area contributed by atoms with E-state index in [4.69, 9.17) is 11.6 Å². The smallest absolute Gasteiger partial charge is 0.234 e. The van der Waals surface area contributed by atoms with Crippen LogP contribution in [0.4, 0.5) is 11.5 Å². The zero-order chi connectivity index (χ0) is 18.5. The van der Waals surface area contributed by atoms with Gasteiger partial charge in [-0.2, -0.15) is 0 Å². The molecule has 0 saturated carbocycles. The van der Waals surface area contributed by atoms with E-state index < -0.39 is 0 Å². The summed E-state index contributed by atoms with van der Waals surface area (Å²) in [6.07, 6.45) is 2.84. The molecule has 3 rings (SSSR count). The van der Waals surface area contributed by atoms with E-state index in [1.165, 1.54) is 18.2 Å². The van der Waals surface area contributed by atoms with Crippen molar-refractivity contribution in [3.05, 3.63) is 41.7 Å². The fourth-order valence-electron chi connectivity index (χ4n) is 3.33. The Balaban J connectivity index is 1.57. The molecule has 0 bridgehead atoms. The van der Waals surface area contributed by atoms with Gasteiger partial charge in [0.2, 0.25) is 5.91 Å². The number of nitrogens with one attached hydrogen (secondary N) is 1. The highest BCUT2D eigenvalue weighted by Crippen LogP contribution is 2.27. The Morgan fingerprint density at radius 3 is 2.77 bits per heavy atom. The second-order valence-corrected chi connectivity index (χ2v) is 8.34. The van der Waals surface area contributed by atoms with Gasteiger partial charge in [-0.15, -0.1) is 0 Å². The molecule has 1 amide bonds. The van der Waals surface area contributed by atoms with Crippen LogP contribution in [0.5, 0.6) is 0 Å². The van der Waals surface area contributed by atoms with Crippen molar-refractivity contribution in [3.8, 4) is 0 Å². The monoisotopic (exact) mass is 390 g/mol. The number of halogens is 1. The van der Waals surface area contributed by atoms with Crippen molar-refractivity contribution in [2.24, 2.45) is 11.8 Å². The lowest BCUT2D eigenvalue weighted by Gasteiger charge is -2.35. The number of amides is 1. The third kappa shape index (κ3) is 5.35. The lowest BCUT2D eigenvalue weighted by molar-refractivity contribution is -0.113. The van der Waals surface area contributed by atoms with E-state index in [9.17, 15) is 4.79 Å². The van der Waals surface area contributed by atoms with Gasteiger partial charge in [0, 0.05) is 29.9 Å². The molecule has 0 unspecified atom stereocenters. The van der Waals surface area contributed by atoms with Crippen LogP contribution >= 0.6 is 23.4 Å². The van der Waals surface area contributed by atoms with E-state index >= 15 is 0 Å². The van der Waals surface area contributed by atoms with Crippen LogP contribution in [-0.2, 0) is 4.79 Å². The first-order valence-corrected chi connectivity index (χ1v) is 10.1. The zero-order valence-corrected chi connectivity index (χ0v) is 16.6. The molecule has 0 spiro atoms. The number of nitrogens with zero attached hydrogens (tertiary/aromatic N) is 3. The maximum absolute atomic E-state index is 12.1. The maximum Gasteiger partial charge on any atom is 0.234 e. The summed E-state index contributed by atoms with van der Waals surface area (Å²) in [7, 11) is 0. The summed E-state index contributed by atoms with van der Waals surface area (Å²) < 4.78 is 0. The summed E-state index contributed by atoms with van der Waals surface area (Å²) in [5.74, 6) is 2.46. The van der Waals surface area contributed by atoms with Crippen LogP contribution < -0.4 is 10.2 Å². The molecule has 1 aliphatic heterocycles. The average molecular weight is 391 g/mol. The lowest BCUT2D eigenvalue weighted by atomic mass is 9.92. The predicted molar refractivity (Wildman–Crippen MR) is 108 cm³/mol. The summed E-state index contributed by atoms with van der Waals surface area (Å²) in [6, 6.07) is 9.10. The fourth-order valence-corrected chi connectivity index (χ4v) is 4.19. The minimum absolute atomic E-state index is 0.0855. The van der Waals surface area contributed by atoms with E-state index in [-0.39, 0.29) is 11.7 Å². The van der Waals surface area contributed by atoms with Crippen LogP contribution in [0.2, 0.25) is 5.02 Å². The van der Waals surface area contributed by atoms with Crippen LogP contribution in [0, 0.1) is 11.8 Å². The van der Waals surface area contributed by atoms with Gasteiger partial charge in [-0.25, -0.2) is 9.97 Å². The summed E-state index contributed by atoms with van der Waals surface area (Å²) in [5.41, 5.74) is 0.697. The number of aromatic nitrogens is 2. The Morgan fingerprint density at radius 2 is 2.04 bits per heavy atom. The molecule has 2 heterocycles. The van der Waals surface area contributed by atoms with Crippen molar-refractivity contribution < 1.29 is 4.79 Å². The highest BCUT2D eigenvalue weighted by atomic mass is 35.5. The predicted octanol–water partition coefficient (Wildman–Crippen LogP) is 4.34. The molecular formula is C19H23ClN4OS. The number of hydrogen-bond acceptors (Lipinski definition) is 5. The van der Waals surface area contributed by atoms with Gasteiger partial charge in [0.05, 0.1) is 5.75 Å². The largest absolute Gasteiger partial charge is 0.356 e. The summed E-state index contributed by atoms with van der Waals surface area (Å²) in [5, 5.41) is 4.25. The average Bonchev–Trinajstić information content (AvgIpc) is 2.59. The number of carbonyl (C=O) groups is 1. The number of thioether (sulfide) groups is 1. The molecule has 26 heavy (non-hydrogen) atoms. The highest BCUT2D eigenvalue weighted by molar-refractivity contribution is 7.99. The topological polar surface area (TPSA) is 58.1 Å². The third-order valence-electron chi connectivity index (χ3n) is 4.28. The molecule has 1 N–H and O–H groups in total. The second kappa shape index (κ2) is 8.73. The van der Waals surface area contributed by atoms with Crippen molar-refractivity contribution in [1.29, 1.82) is 0 Å². The molecule has 5 nitrogen and oxygen atoms in total.